The van der Waals surface area contributed by atoms with Crippen molar-refractivity contribution in [1.29, 1.82) is 0 Å². The molecule has 11 rings (SSSR count). The van der Waals surface area contributed by atoms with E-state index in [0.29, 0.717) is 93.0 Å². The number of anilines is 4. The molecule has 22 nitrogen and oxygen atoms in total. The van der Waals surface area contributed by atoms with Crippen molar-refractivity contribution in [3.05, 3.63) is 147 Å². The van der Waals surface area contributed by atoms with Crippen LogP contribution in [0.4, 0.5) is 30.7 Å². The summed E-state index contributed by atoms with van der Waals surface area (Å²) in [7, 11) is -0.459. The fourth-order valence-electron chi connectivity index (χ4n) is 9.19. The fraction of sp³-hybridized carbons (Fsp3) is 0.310. The molecule has 0 atom stereocenters. The van der Waals surface area contributed by atoms with Gasteiger partial charge in [-0.15, -0.1) is 22.7 Å². The summed E-state index contributed by atoms with van der Waals surface area (Å²) in [5, 5.41) is 14.4. The van der Waals surface area contributed by atoms with Crippen LogP contribution in [0, 0.1) is 11.6 Å². The Balaban J connectivity index is 0.000000167. The van der Waals surface area contributed by atoms with Crippen LogP contribution in [0.3, 0.4) is 0 Å². The van der Waals surface area contributed by atoms with Gasteiger partial charge >= 0.3 is 19.1 Å². The smallest absolute Gasteiger partial charge is 0.466 e. The van der Waals surface area contributed by atoms with Gasteiger partial charge in [0.05, 0.1) is 55.0 Å². The van der Waals surface area contributed by atoms with Crippen molar-refractivity contribution in [2.24, 2.45) is 0 Å². The van der Waals surface area contributed by atoms with E-state index in [2.05, 4.69) is 40.7 Å². The number of fused-ring (bicyclic) bond motifs is 2. The SMILES string of the molecule is CC1(C)OB(C2=CCN(S(C)(=O)=O)CC2)OC1(C)C.COC(=O)/C=C/c1nc2ccc(Br)nn2c1N(C)c1nc(-c2ccc(F)cc2)cs1.COC(=O)/C=C/c1nc2ccc(C3=CCN(S(C)(=O)=O)CC3)nn2c1N(C)c1nc(-c2ccc(F)cc2)cs1. The Hall–Kier alpha value is -7.42. The third kappa shape index (κ3) is 15.0. The van der Waals surface area contributed by atoms with Crippen LogP contribution in [0.2, 0.25) is 0 Å². The number of carbonyl (C=O) groups excluding carboxylic acids is 2. The van der Waals surface area contributed by atoms with Gasteiger partial charge in [-0.1, -0.05) is 12.2 Å². The third-order valence-corrected chi connectivity index (χ3v) is 19.6. The predicted octanol–water partition coefficient (Wildman–Crippen LogP) is 9.91. The number of thiazole rings is 2. The molecule has 3 aliphatic rings. The lowest BCUT2D eigenvalue weighted by molar-refractivity contribution is -0.135. The molecule has 1 saturated heterocycles. The average molecular weight is 1340 g/mol. The third-order valence-electron chi connectivity index (χ3n) is 14.8. The van der Waals surface area contributed by atoms with Crippen LogP contribution in [-0.4, -0.2) is 162 Å². The molecule has 1 fully saturated rings. The first kappa shape index (κ1) is 65.0. The maximum atomic E-state index is 13.4. The topological polar surface area (TPSA) is 238 Å². The van der Waals surface area contributed by atoms with Crippen LogP contribution in [0.15, 0.2) is 118 Å². The van der Waals surface area contributed by atoms with Crippen molar-refractivity contribution >= 4 is 129 Å². The maximum Gasteiger partial charge on any atom is 0.490 e. The number of benzene rings is 2. The van der Waals surface area contributed by atoms with Crippen LogP contribution in [-0.2, 0) is 48.4 Å². The number of rotatable bonds is 14. The molecule has 2 aromatic carbocycles. The summed E-state index contributed by atoms with van der Waals surface area (Å²) >= 11 is 6.21. The van der Waals surface area contributed by atoms with E-state index in [1.807, 2.05) is 92.7 Å². The molecular weight excluding hydrogens is 1280 g/mol. The number of nitrogens with zero attached hydrogens (tertiary/aromatic N) is 12. The molecule has 0 radical (unpaired) electrons. The number of halogens is 3. The number of ether oxygens (including phenoxy) is 2. The van der Waals surface area contributed by atoms with Crippen molar-refractivity contribution < 1.29 is 54.0 Å². The number of carbonyl (C=O) groups is 2. The Morgan fingerprint density at radius 1 is 0.636 bits per heavy atom. The molecule has 0 aliphatic carbocycles. The summed E-state index contributed by atoms with van der Waals surface area (Å²) in [5.41, 5.74) is 7.15. The summed E-state index contributed by atoms with van der Waals surface area (Å²) in [6.07, 6.45) is 13.1. The summed E-state index contributed by atoms with van der Waals surface area (Å²) in [4.78, 5) is 45.7. The number of methoxy groups -OCH3 is 2. The molecule has 30 heteroatoms. The van der Waals surface area contributed by atoms with Crippen LogP contribution < -0.4 is 9.80 Å². The zero-order valence-corrected chi connectivity index (χ0v) is 54.4. The van der Waals surface area contributed by atoms with Gasteiger partial charge in [0.1, 0.15) is 27.6 Å². The first-order valence-electron chi connectivity index (χ1n) is 27.1. The average Bonchev–Trinajstić information content (AvgIpc) is 2.28. The highest BCUT2D eigenvalue weighted by molar-refractivity contribution is 9.10. The number of hydrogen-bond donors (Lipinski definition) is 0. The minimum atomic E-state index is -3.27. The summed E-state index contributed by atoms with van der Waals surface area (Å²) in [6, 6.07) is 19.6. The second-order valence-electron chi connectivity index (χ2n) is 21.3. The zero-order valence-electron chi connectivity index (χ0n) is 49.6. The second-order valence-corrected chi connectivity index (χ2v) is 27.7. The molecule has 8 aromatic rings. The minimum Gasteiger partial charge on any atom is -0.466 e. The van der Waals surface area contributed by atoms with Crippen LogP contribution in [0.25, 0.3) is 51.5 Å². The highest BCUT2D eigenvalue weighted by Gasteiger charge is 2.52. The van der Waals surface area contributed by atoms with E-state index in [0.717, 1.165) is 27.9 Å². The van der Waals surface area contributed by atoms with Gasteiger partial charge in [-0.2, -0.15) is 27.8 Å². The van der Waals surface area contributed by atoms with E-state index in [9.17, 15) is 35.2 Å². The molecule has 88 heavy (non-hydrogen) atoms. The van der Waals surface area contributed by atoms with Crippen LogP contribution in [0.5, 0.6) is 0 Å². The molecule has 462 valence electrons. The highest BCUT2D eigenvalue weighted by atomic mass is 79.9. The lowest BCUT2D eigenvalue weighted by Crippen LogP contribution is -2.41. The lowest BCUT2D eigenvalue weighted by atomic mass is 9.75. The van der Waals surface area contributed by atoms with Crippen molar-refractivity contribution in [1.82, 2.24) is 47.8 Å². The summed E-state index contributed by atoms with van der Waals surface area (Å²) in [6.45, 7) is 9.60. The molecular formula is C58H62BBrF2N12O10S4. The molecule has 9 heterocycles. The first-order chi connectivity index (χ1) is 41.6. The second kappa shape index (κ2) is 26.7. The predicted molar refractivity (Wildman–Crippen MR) is 341 cm³/mol. The van der Waals surface area contributed by atoms with Gasteiger partial charge in [0.25, 0.3) is 0 Å². The van der Waals surface area contributed by atoms with Gasteiger partial charge in [0.15, 0.2) is 33.2 Å². The Bertz CT molecular complexity index is 4250. The van der Waals surface area contributed by atoms with E-state index in [4.69, 9.17) is 24.1 Å². The number of esters is 2. The fourth-order valence-corrected chi connectivity index (χ4v) is 12.6. The lowest BCUT2D eigenvalue weighted by Gasteiger charge is -2.32. The first-order valence-corrected chi connectivity index (χ1v) is 33.4. The van der Waals surface area contributed by atoms with Crippen molar-refractivity contribution in [2.75, 3.05) is 76.8 Å². The molecule has 0 amide bonds. The van der Waals surface area contributed by atoms with Gasteiger partial charge in [-0.05, 0) is 152 Å². The molecule has 0 spiro atoms. The van der Waals surface area contributed by atoms with E-state index in [-0.39, 0.29) is 36.5 Å². The quantitative estimate of drug-likeness (QED) is 0.0559. The molecule has 0 saturated carbocycles. The largest absolute Gasteiger partial charge is 0.490 e. The standard InChI is InChI=1S/C26H25FN6O4S2.C20H15BrFN5O2S.C12H22BNO4S/c1-31(26-29-22(16-38-26)17-4-6-19(27)7-5-17)25-21(9-11-24(34)37-2)28-23-10-8-20(30-33(23)25)18-12-14-32(15-13-18)39(3,35)36;1-26(20-24-15(11-30-20)12-3-5-13(22)6-4-12)19-14(7-10-18(28)29-2)23-17-9-8-16(21)25-27(17)19;1-11(2)12(3,4)18-13(17-11)10-6-8-14(9-7-10)19(5,15)16/h4-12,16H,13-15H2,1-3H3;3-11H,1-2H3;6H,7-9H2,1-5H3/b11-9+;10-7+;. The van der Waals surface area contributed by atoms with Gasteiger partial charge in [-0.25, -0.2) is 55.1 Å². The Morgan fingerprint density at radius 2 is 1.08 bits per heavy atom. The number of hydrogen-bond acceptors (Lipinski definition) is 20. The molecule has 3 aliphatic heterocycles. The molecule has 0 N–H and O–H groups in total. The van der Waals surface area contributed by atoms with Gasteiger partial charge < -0.3 is 28.6 Å². The van der Waals surface area contributed by atoms with E-state index >= 15 is 0 Å². The van der Waals surface area contributed by atoms with Crippen molar-refractivity contribution in [3.63, 3.8) is 0 Å². The van der Waals surface area contributed by atoms with Gasteiger partial charge in [0.2, 0.25) is 20.0 Å². The number of sulfonamides is 2. The number of aromatic nitrogens is 8. The minimum absolute atomic E-state index is 0.281. The summed E-state index contributed by atoms with van der Waals surface area (Å²) < 4.78 is 102. The Labute approximate surface area is 524 Å². The Morgan fingerprint density at radius 3 is 1.50 bits per heavy atom. The summed E-state index contributed by atoms with van der Waals surface area (Å²) in [5.74, 6) is -0.422. The normalized spacial score (nSPS) is 16.3. The van der Waals surface area contributed by atoms with E-state index < -0.39 is 32.0 Å². The molecule has 6 aromatic heterocycles. The van der Waals surface area contributed by atoms with Crippen molar-refractivity contribution in [3.8, 4) is 22.5 Å². The van der Waals surface area contributed by atoms with E-state index in [1.54, 1.807) is 51.5 Å². The van der Waals surface area contributed by atoms with Gasteiger partial charge in [0, 0.05) is 74.3 Å². The Kier molecular flexibility index (Phi) is 19.8. The van der Waals surface area contributed by atoms with E-state index in [1.165, 1.54) is 94.4 Å². The molecule has 0 bridgehead atoms. The zero-order chi connectivity index (χ0) is 63.5. The highest BCUT2D eigenvalue weighted by Crippen LogP contribution is 2.40. The monoisotopic (exact) mass is 1340 g/mol. The van der Waals surface area contributed by atoms with Crippen LogP contribution in [0.1, 0.15) is 57.6 Å². The van der Waals surface area contributed by atoms with Gasteiger partial charge in [-0.3, -0.25) is 0 Å². The van der Waals surface area contributed by atoms with Crippen LogP contribution >= 0.6 is 38.6 Å². The maximum absolute atomic E-state index is 13.4. The molecule has 0 unspecified atom stereocenters. The van der Waals surface area contributed by atoms with Crippen molar-refractivity contribution in [2.45, 2.75) is 51.7 Å². The number of imidazole rings is 2.